The smallest absolute Gasteiger partial charge is 0.145 e. The minimum atomic E-state index is -0.0494. The molecule has 6 N–H and O–H groups in total. The van der Waals surface area contributed by atoms with Crippen LogP contribution in [0, 0.1) is 0 Å². The Morgan fingerprint density at radius 2 is 2.00 bits per heavy atom. The number of hydrogen-bond acceptors (Lipinski definition) is 5. The van der Waals surface area contributed by atoms with Gasteiger partial charge in [-0.05, 0) is 19.1 Å². The standard InChI is InChI=1S/C10H16N4O/c1-2-15-8-5-13-9-6(11)3-4-7(12)10(9)14-8/h3-4,8,13-14H,2,5,11-12H2,1H3. The highest BCUT2D eigenvalue weighted by molar-refractivity contribution is 5.90. The van der Waals surface area contributed by atoms with Crippen LogP contribution in [0.1, 0.15) is 6.92 Å². The van der Waals surface area contributed by atoms with Crippen molar-refractivity contribution < 1.29 is 4.74 Å². The van der Waals surface area contributed by atoms with Crippen LogP contribution >= 0.6 is 0 Å². The summed E-state index contributed by atoms with van der Waals surface area (Å²) in [7, 11) is 0. The lowest BCUT2D eigenvalue weighted by Crippen LogP contribution is -2.36. The van der Waals surface area contributed by atoms with Crippen LogP contribution in [0.4, 0.5) is 22.7 Å². The third-order valence-electron chi connectivity index (χ3n) is 2.41. The summed E-state index contributed by atoms with van der Waals surface area (Å²) in [5.41, 5.74) is 14.8. The van der Waals surface area contributed by atoms with Crippen LogP contribution in [-0.4, -0.2) is 19.4 Å². The molecule has 0 aliphatic carbocycles. The molecule has 0 amide bonds. The number of benzene rings is 1. The summed E-state index contributed by atoms with van der Waals surface area (Å²) in [5.74, 6) is 0. The zero-order valence-corrected chi connectivity index (χ0v) is 8.71. The van der Waals surface area contributed by atoms with Crippen molar-refractivity contribution in [2.24, 2.45) is 0 Å². The van der Waals surface area contributed by atoms with E-state index in [1.807, 2.05) is 6.92 Å². The van der Waals surface area contributed by atoms with Crippen LogP contribution in [0.5, 0.6) is 0 Å². The minimum Gasteiger partial charge on any atom is -0.397 e. The van der Waals surface area contributed by atoms with E-state index < -0.39 is 0 Å². The molecule has 1 unspecified atom stereocenters. The molecule has 0 spiro atoms. The monoisotopic (exact) mass is 208 g/mol. The van der Waals surface area contributed by atoms with E-state index in [2.05, 4.69) is 10.6 Å². The molecule has 1 aromatic rings. The fourth-order valence-electron chi connectivity index (χ4n) is 1.69. The third kappa shape index (κ3) is 1.78. The van der Waals surface area contributed by atoms with Crippen molar-refractivity contribution in [2.75, 3.05) is 35.3 Å². The predicted molar refractivity (Wildman–Crippen MR) is 62.8 cm³/mol. The first-order chi connectivity index (χ1) is 7.22. The number of nitrogens with one attached hydrogen (secondary N) is 2. The summed E-state index contributed by atoms with van der Waals surface area (Å²) < 4.78 is 5.46. The molecule has 82 valence electrons. The Hall–Kier alpha value is -1.62. The lowest BCUT2D eigenvalue weighted by atomic mass is 10.1. The van der Waals surface area contributed by atoms with E-state index in [9.17, 15) is 0 Å². The summed E-state index contributed by atoms with van der Waals surface area (Å²) in [5, 5.41) is 6.43. The number of rotatable bonds is 2. The van der Waals surface area contributed by atoms with Gasteiger partial charge in [0, 0.05) is 6.61 Å². The van der Waals surface area contributed by atoms with E-state index in [4.69, 9.17) is 16.2 Å². The molecular formula is C10H16N4O. The Kier molecular flexibility index (Phi) is 2.55. The second-order valence-electron chi connectivity index (χ2n) is 3.46. The molecule has 1 aromatic carbocycles. The maximum atomic E-state index is 5.86. The number of nitrogens with two attached hydrogens (primary N) is 2. The first kappa shape index (κ1) is 9.92. The van der Waals surface area contributed by atoms with E-state index in [1.54, 1.807) is 12.1 Å². The highest BCUT2D eigenvalue weighted by atomic mass is 16.5. The molecule has 0 saturated carbocycles. The summed E-state index contributed by atoms with van der Waals surface area (Å²) in [6, 6.07) is 3.58. The van der Waals surface area contributed by atoms with Gasteiger partial charge in [0.2, 0.25) is 0 Å². The zero-order chi connectivity index (χ0) is 10.8. The minimum absolute atomic E-state index is 0.0494. The molecule has 1 aliphatic rings. The highest BCUT2D eigenvalue weighted by Crippen LogP contribution is 2.36. The molecular weight excluding hydrogens is 192 g/mol. The Morgan fingerprint density at radius 3 is 2.67 bits per heavy atom. The van der Waals surface area contributed by atoms with Crippen LogP contribution < -0.4 is 22.1 Å². The highest BCUT2D eigenvalue weighted by Gasteiger charge is 2.20. The largest absolute Gasteiger partial charge is 0.397 e. The number of fused-ring (bicyclic) bond motifs is 1. The topological polar surface area (TPSA) is 85.3 Å². The molecule has 1 heterocycles. The summed E-state index contributed by atoms with van der Waals surface area (Å²) in [6.45, 7) is 3.31. The molecule has 15 heavy (non-hydrogen) atoms. The average molecular weight is 208 g/mol. The van der Waals surface area contributed by atoms with Gasteiger partial charge in [-0.25, -0.2) is 0 Å². The van der Waals surface area contributed by atoms with Gasteiger partial charge in [-0.2, -0.15) is 0 Å². The molecule has 0 bridgehead atoms. The molecule has 1 atom stereocenters. The van der Waals surface area contributed by atoms with Gasteiger partial charge in [0.25, 0.3) is 0 Å². The lowest BCUT2D eigenvalue weighted by Gasteiger charge is -2.29. The quantitative estimate of drug-likeness (QED) is 0.546. The molecule has 0 saturated heterocycles. The summed E-state index contributed by atoms with van der Waals surface area (Å²) >= 11 is 0. The van der Waals surface area contributed by atoms with E-state index in [0.29, 0.717) is 24.5 Å². The van der Waals surface area contributed by atoms with Gasteiger partial charge in [-0.15, -0.1) is 0 Å². The average Bonchev–Trinajstić information content (AvgIpc) is 2.24. The van der Waals surface area contributed by atoms with Gasteiger partial charge in [0.15, 0.2) is 0 Å². The van der Waals surface area contributed by atoms with Gasteiger partial charge >= 0.3 is 0 Å². The van der Waals surface area contributed by atoms with Crippen molar-refractivity contribution in [3.63, 3.8) is 0 Å². The molecule has 0 aromatic heterocycles. The van der Waals surface area contributed by atoms with Crippen molar-refractivity contribution in [1.29, 1.82) is 0 Å². The van der Waals surface area contributed by atoms with Crippen molar-refractivity contribution in [3.8, 4) is 0 Å². The normalized spacial score (nSPS) is 18.9. The van der Waals surface area contributed by atoms with E-state index in [-0.39, 0.29) is 6.23 Å². The van der Waals surface area contributed by atoms with E-state index in [1.165, 1.54) is 0 Å². The van der Waals surface area contributed by atoms with E-state index in [0.717, 1.165) is 11.4 Å². The van der Waals surface area contributed by atoms with Crippen LogP contribution in [0.2, 0.25) is 0 Å². The van der Waals surface area contributed by atoms with Crippen molar-refractivity contribution in [1.82, 2.24) is 0 Å². The number of nitrogen functional groups attached to an aromatic ring is 2. The molecule has 5 heteroatoms. The number of ether oxygens (including phenoxy) is 1. The van der Waals surface area contributed by atoms with Gasteiger partial charge in [0.05, 0.1) is 29.3 Å². The van der Waals surface area contributed by atoms with Crippen molar-refractivity contribution in [2.45, 2.75) is 13.2 Å². The second-order valence-corrected chi connectivity index (χ2v) is 3.46. The SMILES string of the molecule is CCOC1CNc2c(N)ccc(N)c2N1. The Morgan fingerprint density at radius 1 is 1.33 bits per heavy atom. The van der Waals surface area contributed by atoms with Gasteiger partial charge in [-0.1, -0.05) is 0 Å². The first-order valence-corrected chi connectivity index (χ1v) is 5.02. The second kappa shape index (κ2) is 3.86. The number of hydrogen-bond donors (Lipinski definition) is 4. The Labute approximate surface area is 88.8 Å². The summed E-state index contributed by atoms with van der Waals surface area (Å²) in [6.07, 6.45) is -0.0494. The molecule has 1 aliphatic heterocycles. The first-order valence-electron chi connectivity index (χ1n) is 5.02. The van der Waals surface area contributed by atoms with Crippen LogP contribution in [0.15, 0.2) is 12.1 Å². The van der Waals surface area contributed by atoms with Crippen molar-refractivity contribution in [3.05, 3.63) is 12.1 Å². The molecule has 5 nitrogen and oxygen atoms in total. The summed E-state index contributed by atoms with van der Waals surface area (Å²) in [4.78, 5) is 0. The van der Waals surface area contributed by atoms with Crippen LogP contribution in [0.3, 0.4) is 0 Å². The predicted octanol–water partition coefficient (Wildman–Crippen LogP) is 1.05. The van der Waals surface area contributed by atoms with E-state index >= 15 is 0 Å². The lowest BCUT2D eigenvalue weighted by molar-refractivity contribution is 0.0905. The molecule has 2 rings (SSSR count). The zero-order valence-electron chi connectivity index (χ0n) is 8.71. The maximum Gasteiger partial charge on any atom is 0.145 e. The van der Waals surface area contributed by atoms with Crippen LogP contribution in [0.25, 0.3) is 0 Å². The van der Waals surface area contributed by atoms with Crippen molar-refractivity contribution >= 4 is 22.7 Å². The van der Waals surface area contributed by atoms with Gasteiger partial charge in [-0.3, -0.25) is 0 Å². The van der Waals surface area contributed by atoms with Gasteiger partial charge in [0.1, 0.15) is 6.23 Å². The molecule has 0 fully saturated rings. The third-order valence-corrected chi connectivity index (χ3v) is 2.41. The fraction of sp³-hybridized carbons (Fsp3) is 0.400. The van der Waals surface area contributed by atoms with Gasteiger partial charge < -0.3 is 26.8 Å². The molecule has 0 radical (unpaired) electrons. The number of anilines is 4. The Bertz CT molecular complexity index is 367. The Balaban J connectivity index is 2.28. The maximum absolute atomic E-state index is 5.86. The fourth-order valence-corrected chi connectivity index (χ4v) is 1.69. The van der Waals surface area contributed by atoms with Crippen LogP contribution in [-0.2, 0) is 4.74 Å².